The number of carbonyl (C=O) groups excluding carboxylic acids is 1. The van der Waals surface area contributed by atoms with E-state index in [1.54, 1.807) is 0 Å². The second-order valence-electron chi connectivity index (χ2n) is 5.42. The fraction of sp³-hybridized carbons (Fsp3) is 0.923. The minimum atomic E-state index is 0. The summed E-state index contributed by atoms with van der Waals surface area (Å²) in [6.45, 7) is 2.50. The van der Waals surface area contributed by atoms with Gasteiger partial charge in [0, 0.05) is 31.7 Å². The van der Waals surface area contributed by atoms with Crippen LogP contribution in [0.3, 0.4) is 0 Å². The Morgan fingerprint density at radius 2 is 1.94 bits per heavy atom. The van der Waals surface area contributed by atoms with Gasteiger partial charge >= 0.3 is 0 Å². The summed E-state index contributed by atoms with van der Waals surface area (Å²) in [6, 6.07) is 0.225. The van der Waals surface area contributed by atoms with Crippen molar-refractivity contribution < 1.29 is 9.53 Å². The van der Waals surface area contributed by atoms with E-state index < -0.39 is 0 Å². The zero-order valence-corrected chi connectivity index (χ0v) is 11.7. The maximum absolute atomic E-state index is 12.0. The first-order valence-electron chi connectivity index (χ1n) is 6.86. The van der Waals surface area contributed by atoms with Crippen molar-refractivity contribution in [2.75, 3.05) is 19.8 Å². The van der Waals surface area contributed by atoms with E-state index in [0.717, 1.165) is 58.3 Å². The second-order valence-corrected chi connectivity index (χ2v) is 5.42. The topological polar surface area (TPSA) is 64.4 Å². The Balaban J connectivity index is 0.00000162. The van der Waals surface area contributed by atoms with E-state index in [4.69, 9.17) is 10.5 Å². The summed E-state index contributed by atoms with van der Waals surface area (Å²) in [5.74, 6) is 0.968. The Bertz CT molecular complexity index is 257. The highest BCUT2D eigenvalue weighted by molar-refractivity contribution is 5.85. The zero-order chi connectivity index (χ0) is 12.1. The minimum Gasteiger partial charge on any atom is -0.381 e. The molecule has 2 rings (SSSR count). The highest BCUT2D eigenvalue weighted by Crippen LogP contribution is 2.23. The number of amides is 1. The molecule has 0 spiro atoms. The molecule has 1 aliphatic carbocycles. The fourth-order valence-electron chi connectivity index (χ4n) is 2.81. The van der Waals surface area contributed by atoms with Crippen LogP contribution in [0.1, 0.15) is 38.5 Å². The van der Waals surface area contributed by atoms with E-state index in [9.17, 15) is 4.79 Å². The summed E-state index contributed by atoms with van der Waals surface area (Å²) in [4.78, 5) is 12.0. The van der Waals surface area contributed by atoms with Gasteiger partial charge in [0.1, 0.15) is 0 Å². The van der Waals surface area contributed by atoms with Gasteiger partial charge in [-0.25, -0.2) is 0 Å². The zero-order valence-electron chi connectivity index (χ0n) is 10.9. The third kappa shape index (κ3) is 4.75. The predicted octanol–water partition coefficient (Wildman–Crippen LogP) is 1.47. The van der Waals surface area contributed by atoms with Crippen molar-refractivity contribution in [3.8, 4) is 0 Å². The average Bonchev–Trinajstić information content (AvgIpc) is 2.37. The monoisotopic (exact) mass is 276 g/mol. The summed E-state index contributed by atoms with van der Waals surface area (Å²) < 4.78 is 5.31. The molecule has 1 aliphatic heterocycles. The van der Waals surface area contributed by atoms with E-state index in [1.165, 1.54) is 0 Å². The maximum Gasteiger partial charge on any atom is 0.223 e. The van der Waals surface area contributed by atoms with Crippen molar-refractivity contribution in [2.45, 2.75) is 44.6 Å². The van der Waals surface area contributed by atoms with Crippen molar-refractivity contribution in [2.24, 2.45) is 17.6 Å². The predicted molar refractivity (Wildman–Crippen MR) is 73.7 cm³/mol. The first kappa shape index (κ1) is 15.7. The highest BCUT2D eigenvalue weighted by atomic mass is 35.5. The van der Waals surface area contributed by atoms with Crippen LogP contribution in [-0.2, 0) is 9.53 Å². The van der Waals surface area contributed by atoms with Gasteiger partial charge in [-0.15, -0.1) is 12.4 Å². The van der Waals surface area contributed by atoms with Gasteiger partial charge in [-0.05, 0) is 38.0 Å². The summed E-state index contributed by atoms with van der Waals surface area (Å²) in [5.41, 5.74) is 5.91. The number of hydrogen-bond donors (Lipinski definition) is 2. The molecule has 3 N–H and O–H groups in total. The highest BCUT2D eigenvalue weighted by Gasteiger charge is 2.25. The average molecular weight is 277 g/mol. The lowest BCUT2D eigenvalue weighted by Gasteiger charge is -2.27. The third-order valence-electron chi connectivity index (χ3n) is 3.99. The van der Waals surface area contributed by atoms with Crippen LogP contribution in [0.2, 0.25) is 0 Å². The Morgan fingerprint density at radius 1 is 1.22 bits per heavy atom. The van der Waals surface area contributed by atoms with E-state index in [0.29, 0.717) is 5.92 Å². The molecule has 1 saturated heterocycles. The number of halogens is 1. The van der Waals surface area contributed by atoms with Crippen LogP contribution in [0, 0.1) is 11.8 Å². The molecule has 2 atom stereocenters. The second kappa shape index (κ2) is 7.97. The van der Waals surface area contributed by atoms with Gasteiger partial charge in [-0.2, -0.15) is 0 Å². The molecule has 106 valence electrons. The van der Waals surface area contributed by atoms with E-state index in [1.807, 2.05) is 0 Å². The van der Waals surface area contributed by atoms with Gasteiger partial charge < -0.3 is 15.8 Å². The molecule has 0 aromatic heterocycles. The van der Waals surface area contributed by atoms with Gasteiger partial charge in [-0.3, -0.25) is 4.79 Å². The molecule has 0 aromatic rings. The summed E-state index contributed by atoms with van der Waals surface area (Å²) in [7, 11) is 0. The van der Waals surface area contributed by atoms with Gasteiger partial charge in [-0.1, -0.05) is 6.42 Å². The molecular formula is C13H25ClN2O2. The van der Waals surface area contributed by atoms with Gasteiger partial charge in [0.05, 0.1) is 0 Å². The third-order valence-corrected chi connectivity index (χ3v) is 3.99. The Hall–Kier alpha value is -0.320. The lowest BCUT2D eigenvalue weighted by molar-refractivity contribution is -0.126. The molecule has 0 bridgehead atoms. The molecule has 1 heterocycles. The fourth-order valence-corrected chi connectivity index (χ4v) is 2.81. The minimum absolute atomic E-state index is 0. The van der Waals surface area contributed by atoms with Gasteiger partial charge in [0.15, 0.2) is 0 Å². The van der Waals surface area contributed by atoms with E-state index in [2.05, 4.69) is 5.32 Å². The number of nitrogens with one attached hydrogen (secondary N) is 1. The molecular weight excluding hydrogens is 252 g/mol. The van der Waals surface area contributed by atoms with Gasteiger partial charge in [0.25, 0.3) is 0 Å². The van der Waals surface area contributed by atoms with Crippen molar-refractivity contribution in [3.63, 3.8) is 0 Å². The Labute approximate surface area is 115 Å². The normalized spacial score (nSPS) is 29.4. The van der Waals surface area contributed by atoms with Crippen molar-refractivity contribution in [1.82, 2.24) is 5.32 Å². The molecule has 2 fully saturated rings. The molecule has 0 radical (unpaired) electrons. The summed E-state index contributed by atoms with van der Waals surface area (Å²) in [6.07, 6.45) is 6.18. The van der Waals surface area contributed by atoms with Crippen LogP contribution in [0.25, 0.3) is 0 Å². The molecule has 1 amide bonds. The van der Waals surface area contributed by atoms with Crippen molar-refractivity contribution in [3.05, 3.63) is 0 Å². The van der Waals surface area contributed by atoms with Crippen molar-refractivity contribution in [1.29, 1.82) is 0 Å². The lowest BCUT2D eigenvalue weighted by Crippen LogP contribution is -2.40. The molecule has 5 heteroatoms. The molecule has 18 heavy (non-hydrogen) atoms. The van der Waals surface area contributed by atoms with Crippen molar-refractivity contribution >= 4 is 18.3 Å². The quantitative estimate of drug-likeness (QED) is 0.820. The first-order valence-corrected chi connectivity index (χ1v) is 6.86. The van der Waals surface area contributed by atoms with Crippen LogP contribution in [0.15, 0.2) is 0 Å². The maximum atomic E-state index is 12.0. The number of nitrogens with two attached hydrogens (primary N) is 1. The summed E-state index contributed by atoms with van der Waals surface area (Å²) >= 11 is 0. The van der Waals surface area contributed by atoms with Gasteiger partial charge in [0.2, 0.25) is 5.91 Å². The van der Waals surface area contributed by atoms with Crippen LogP contribution in [0.5, 0.6) is 0 Å². The number of rotatable bonds is 3. The van der Waals surface area contributed by atoms with Crippen LogP contribution >= 0.6 is 12.4 Å². The number of hydrogen-bond acceptors (Lipinski definition) is 3. The smallest absolute Gasteiger partial charge is 0.223 e. The number of carbonyl (C=O) groups is 1. The molecule has 2 unspecified atom stereocenters. The molecule has 1 saturated carbocycles. The van der Waals surface area contributed by atoms with E-state index >= 15 is 0 Å². The molecule has 2 aliphatic rings. The SMILES string of the molecule is Cl.NC1CCCC(C(=O)NCC2CCOCC2)C1. The largest absolute Gasteiger partial charge is 0.381 e. The van der Waals surface area contributed by atoms with Crippen LogP contribution in [-0.4, -0.2) is 31.7 Å². The first-order chi connectivity index (χ1) is 8.25. The summed E-state index contributed by atoms with van der Waals surface area (Å²) in [5, 5.41) is 3.09. The number of ether oxygens (including phenoxy) is 1. The van der Waals surface area contributed by atoms with Crippen LogP contribution < -0.4 is 11.1 Å². The lowest BCUT2D eigenvalue weighted by atomic mass is 9.85. The molecule has 4 nitrogen and oxygen atoms in total. The Morgan fingerprint density at radius 3 is 2.61 bits per heavy atom. The van der Waals surface area contributed by atoms with E-state index in [-0.39, 0.29) is 30.3 Å². The van der Waals surface area contributed by atoms with Crippen LogP contribution in [0.4, 0.5) is 0 Å². The molecule has 0 aromatic carbocycles. The standard InChI is InChI=1S/C13H24N2O2.ClH/c14-12-3-1-2-11(8-12)13(16)15-9-10-4-6-17-7-5-10;/h10-12H,1-9,14H2,(H,15,16);1H. The Kier molecular flexibility index (Phi) is 6.97.